The minimum Gasteiger partial charge on any atom is -0.507 e. The minimum atomic E-state index is -1.01. The number of methoxy groups -OCH3 is 1. The standard InChI is InChI=1S/C28H21Cl2FN2O4/c1-37-19-6-8-23-21(13-19)16(14-32-23)9-10-33-25(15-3-2-4-18(31)11-15)24(27(35)28(33)36)26(34)20-7-5-17(29)12-22(20)30/h2-8,11-14,25,32,34H,9-10H2,1H3/b26-24-. The molecule has 37 heavy (non-hydrogen) atoms. The molecule has 0 bridgehead atoms. The fourth-order valence-corrected chi connectivity index (χ4v) is 5.19. The van der Waals surface area contributed by atoms with Crippen LogP contribution in [-0.4, -0.2) is 40.3 Å². The van der Waals surface area contributed by atoms with Crippen molar-refractivity contribution in [3.63, 3.8) is 0 Å². The molecule has 2 N–H and O–H groups in total. The van der Waals surface area contributed by atoms with Gasteiger partial charge in [-0.25, -0.2) is 4.39 Å². The van der Waals surface area contributed by atoms with E-state index in [1.54, 1.807) is 13.2 Å². The van der Waals surface area contributed by atoms with Crippen molar-refractivity contribution in [2.45, 2.75) is 12.5 Å². The van der Waals surface area contributed by atoms with Crippen LogP contribution in [-0.2, 0) is 16.0 Å². The van der Waals surface area contributed by atoms with Crippen LogP contribution < -0.4 is 4.74 Å². The van der Waals surface area contributed by atoms with Crippen LogP contribution in [0.4, 0.5) is 4.39 Å². The fraction of sp³-hybridized carbons (Fsp3) is 0.143. The second kappa shape index (κ2) is 9.92. The van der Waals surface area contributed by atoms with Crippen LogP contribution in [0.15, 0.2) is 72.4 Å². The maximum absolute atomic E-state index is 14.2. The maximum atomic E-state index is 14.2. The predicted molar refractivity (Wildman–Crippen MR) is 140 cm³/mol. The summed E-state index contributed by atoms with van der Waals surface area (Å²) in [6, 6.07) is 14.6. The SMILES string of the molecule is COc1ccc2[nH]cc(CCN3C(=O)C(=O)/C(=C(\O)c4ccc(Cl)cc4Cl)C3c3cccc(F)c3)c2c1. The normalized spacial score (nSPS) is 17.1. The molecule has 6 nitrogen and oxygen atoms in total. The van der Waals surface area contributed by atoms with Crippen molar-refractivity contribution in [1.29, 1.82) is 0 Å². The second-order valence-electron chi connectivity index (χ2n) is 8.65. The highest BCUT2D eigenvalue weighted by atomic mass is 35.5. The van der Waals surface area contributed by atoms with Gasteiger partial charge in [0.15, 0.2) is 0 Å². The third-order valence-electron chi connectivity index (χ3n) is 6.49. The first-order valence-corrected chi connectivity index (χ1v) is 12.2. The molecule has 1 unspecified atom stereocenters. The maximum Gasteiger partial charge on any atom is 0.295 e. The fourth-order valence-electron chi connectivity index (χ4n) is 4.69. The molecule has 1 atom stereocenters. The van der Waals surface area contributed by atoms with E-state index in [0.717, 1.165) is 16.5 Å². The number of aliphatic hydroxyl groups excluding tert-OH is 1. The summed E-state index contributed by atoms with van der Waals surface area (Å²) in [5.41, 5.74) is 2.15. The van der Waals surface area contributed by atoms with Crippen molar-refractivity contribution < 1.29 is 23.8 Å². The van der Waals surface area contributed by atoms with Crippen LogP contribution in [0.5, 0.6) is 5.75 Å². The first kappa shape index (κ1) is 24.9. The van der Waals surface area contributed by atoms with Gasteiger partial charge in [-0.15, -0.1) is 0 Å². The zero-order chi connectivity index (χ0) is 26.3. The Bertz CT molecular complexity index is 1580. The number of aliphatic hydroxyl groups is 1. The Morgan fingerprint density at radius 3 is 2.65 bits per heavy atom. The number of H-pyrrole nitrogens is 1. The van der Waals surface area contributed by atoms with Gasteiger partial charge in [0, 0.05) is 34.2 Å². The zero-order valence-corrected chi connectivity index (χ0v) is 21.1. The summed E-state index contributed by atoms with van der Waals surface area (Å²) >= 11 is 12.3. The van der Waals surface area contributed by atoms with Gasteiger partial charge in [-0.2, -0.15) is 0 Å². The Balaban J connectivity index is 1.58. The molecule has 2 heterocycles. The van der Waals surface area contributed by atoms with E-state index in [0.29, 0.717) is 22.8 Å². The lowest BCUT2D eigenvalue weighted by atomic mass is 9.95. The molecule has 1 saturated heterocycles. The molecule has 0 radical (unpaired) electrons. The number of likely N-dealkylation sites (tertiary alicyclic amines) is 1. The molecule has 4 aromatic rings. The van der Waals surface area contributed by atoms with Crippen molar-refractivity contribution in [1.82, 2.24) is 9.88 Å². The van der Waals surface area contributed by atoms with Crippen LogP contribution in [0.1, 0.15) is 22.7 Å². The molecule has 188 valence electrons. The van der Waals surface area contributed by atoms with Gasteiger partial charge in [0.25, 0.3) is 11.7 Å². The largest absolute Gasteiger partial charge is 0.507 e. The highest BCUT2D eigenvalue weighted by molar-refractivity contribution is 6.47. The summed E-state index contributed by atoms with van der Waals surface area (Å²) in [5.74, 6) is -1.96. The Hall–Kier alpha value is -3.81. The van der Waals surface area contributed by atoms with E-state index in [2.05, 4.69) is 4.98 Å². The van der Waals surface area contributed by atoms with Gasteiger partial charge in [0.05, 0.1) is 23.7 Å². The number of aromatic nitrogens is 1. The average Bonchev–Trinajstić information content (AvgIpc) is 3.40. The van der Waals surface area contributed by atoms with Crippen LogP contribution in [0.25, 0.3) is 16.7 Å². The summed E-state index contributed by atoms with van der Waals surface area (Å²) in [5, 5.41) is 12.6. The summed E-state index contributed by atoms with van der Waals surface area (Å²) < 4.78 is 19.6. The van der Waals surface area contributed by atoms with Gasteiger partial charge in [-0.3, -0.25) is 9.59 Å². The molecule has 1 fully saturated rings. The number of hydrogen-bond acceptors (Lipinski definition) is 4. The van der Waals surface area contributed by atoms with Crippen LogP contribution >= 0.6 is 23.2 Å². The number of halogens is 3. The molecule has 5 rings (SSSR count). The number of nitrogens with zero attached hydrogens (tertiary/aromatic N) is 1. The lowest BCUT2D eigenvalue weighted by molar-refractivity contribution is -0.139. The topological polar surface area (TPSA) is 82.6 Å². The summed E-state index contributed by atoms with van der Waals surface area (Å²) in [6.45, 7) is 0.140. The van der Waals surface area contributed by atoms with Gasteiger partial charge in [0.2, 0.25) is 0 Å². The number of rotatable bonds is 6. The van der Waals surface area contributed by atoms with Crippen molar-refractivity contribution >= 4 is 51.6 Å². The number of amides is 1. The van der Waals surface area contributed by atoms with Crippen molar-refractivity contribution in [3.05, 3.63) is 105 Å². The molecular weight excluding hydrogens is 518 g/mol. The van der Waals surface area contributed by atoms with Crippen molar-refractivity contribution in [2.75, 3.05) is 13.7 Å². The first-order valence-electron chi connectivity index (χ1n) is 11.4. The molecule has 1 aromatic heterocycles. The summed E-state index contributed by atoms with van der Waals surface area (Å²) in [7, 11) is 1.58. The number of ketones is 1. The number of aromatic amines is 1. The summed E-state index contributed by atoms with van der Waals surface area (Å²) in [6.07, 6.45) is 2.24. The third kappa shape index (κ3) is 4.56. The molecule has 0 spiro atoms. The van der Waals surface area contributed by atoms with Gasteiger partial charge in [-0.1, -0.05) is 35.3 Å². The predicted octanol–water partition coefficient (Wildman–Crippen LogP) is 6.29. The van der Waals surface area contributed by atoms with Gasteiger partial charge in [-0.05, 0) is 66.1 Å². The van der Waals surface area contributed by atoms with E-state index in [1.165, 1.54) is 41.3 Å². The Morgan fingerprint density at radius 1 is 1.11 bits per heavy atom. The quantitative estimate of drug-likeness (QED) is 0.172. The van der Waals surface area contributed by atoms with E-state index in [-0.39, 0.29) is 22.7 Å². The monoisotopic (exact) mass is 538 g/mol. The lowest BCUT2D eigenvalue weighted by Gasteiger charge is -2.25. The number of Topliss-reactive ketones (excluding diaryl/α,β-unsaturated/α-hetero) is 1. The molecular formula is C28H21Cl2FN2O4. The number of hydrogen-bond donors (Lipinski definition) is 2. The average molecular weight is 539 g/mol. The van der Waals surface area contributed by atoms with Gasteiger partial charge in [0.1, 0.15) is 17.3 Å². The van der Waals surface area contributed by atoms with Crippen LogP contribution in [0, 0.1) is 5.82 Å². The van der Waals surface area contributed by atoms with Crippen molar-refractivity contribution in [2.24, 2.45) is 0 Å². The highest BCUT2D eigenvalue weighted by Gasteiger charge is 2.46. The molecule has 1 amide bonds. The smallest absolute Gasteiger partial charge is 0.295 e. The zero-order valence-electron chi connectivity index (χ0n) is 19.6. The molecule has 1 aliphatic rings. The van der Waals surface area contributed by atoms with Gasteiger partial charge < -0.3 is 19.7 Å². The highest BCUT2D eigenvalue weighted by Crippen LogP contribution is 2.41. The molecule has 9 heteroatoms. The Kier molecular flexibility index (Phi) is 6.67. The molecule has 3 aromatic carbocycles. The number of ether oxygens (including phenoxy) is 1. The van der Waals surface area contributed by atoms with E-state index in [1.807, 2.05) is 24.4 Å². The molecule has 0 saturated carbocycles. The van der Waals surface area contributed by atoms with Crippen LogP contribution in [0.3, 0.4) is 0 Å². The number of nitrogens with one attached hydrogen (secondary N) is 1. The number of carbonyl (C=O) groups is 2. The number of carbonyl (C=O) groups excluding carboxylic acids is 2. The number of benzene rings is 3. The minimum absolute atomic E-state index is 0.113. The first-order chi connectivity index (χ1) is 17.8. The van der Waals surface area contributed by atoms with E-state index in [9.17, 15) is 19.1 Å². The van der Waals surface area contributed by atoms with Crippen molar-refractivity contribution in [3.8, 4) is 5.75 Å². The van der Waals surface area contributed by atoms with E-state index >= 15 is 0 Å². The van der Waals surface area contributed by atoms with E-state index in [4.69, 9.17) is 27.9 Å². The number of fused-ring (bicyclic) bond motifs is 1. The lowest BCUT2D eigenvalue weighted by Crippen LogP contribution is -2.31. The molecule has 1 aliphatic heterocycles. The van der Waals surface area contributed by atoms with Crippen LogP contribution in [0.2, 0.25) is 10.0 Å². The third-order valence-corrected chi connectivity index (χ3v) is 7.04. The van der Waals surface area contributed by atoms with E-state index < -0.39 is 29.3 Å². The Morgan fingerprint density at radius 2 is 1.92 bits per heavy atom. The van der Waals surface area contributed by atoms with Gasteiger partial charge >= 0.3 is 0 Å². The summed E-state index contributed by atoms with van der Waals surface area (Å²) in [4.78, 5) is 31.0. The second-order valence-corrected chi connectivity index (χ2v) is 9.49. The Labute approximate surface area is 221 Å². The molecule has 0 aliphatic carbocycles.